The standard InChI is InChI=1S/C10H6ClIO2S/c11-15(13,14)10-6-2-3-7-8(10)4-1-5-9(7)12/h1-6H. The van der Waals surface area contributed by atoms with Crippen molar-refractivity contribution in [3.8, 4) is 0 Å². The highest BCUT2D eigenvalue weighted by molar-refractivity contribution is 14.1. The second-order valence-electron chi connectivity index (χ2n) is 3.03. The van der Waals surface area contributed by atoms with Gasteiger partial charge in [0.05, 0.1) is 4.90 Å². The fourth-order valence-electron chi connectivity index (χ4n) is 1.46. The fraction of sp³-hybridized carbons (Fsp3) is 0. The summed E-state index contributed by atoms with van der Waals surface area (Å²) in [4.78, 5) is 0.167. The van der Waals surface area contributed by atoms with Crippen LogP contribution in [-0.4, -0.2) is 8.42 Å². The van der Waals surface area contributed by atoms with E-state index in [0.29, 0.717) is 5.39 Å². The Morgan fingerprint density at radius 2 is 1.60 bits per heavy atom. The van der Waals surface area contributed by atoms with E-state index in [1.165, 1.54) is 6.07 Å². The van der Waals surface area contributed by atoms with Gasteiger partial charge in [-0.05, 0) is 40.1 Å². The van der Waals surface area contributed by atoms with Crippen LogP contribution < -0.4 is 0 Å². The van der Waals surface area contributed by atoms with Crippen molar-refractivity contribution in [2.75, 3.05) is 0 Å². The molecule has 0 aliphatic heterocycles. The van der Waals surface area contributed by atoms with Crippen molar-refractivity contribution in [1.82, 2.24) is 0 Å². The molecule has 0 aromatic heterocycles. The molecule has 0 amide bonds. The van der Waals surface area contributed by atoms with E-state index in [9.17, 15) is 8.42 Å². The normalized spacial score (nSPS) is 11.9. The summed E-state index contributed by atoms with van der Waals surface area (Å²) in [7, 11) is 1.68. The maximum Gasteiger partial charge on any atom is 0.261 e. The van der Waals surface area contributed by atoms with Gasteiger partial charge in [0.15, 0.2) is 0 Å². The zero-order valence-electron chi connectivity index (χ0n) is 7.44. The molecular weight excluding hydrogens is 347 g/mol. The van der Waals surface area contributed by atoms with Gasteiger partial charge >= 0.3 is 0 Å². The van der Waals surface area contributed by atoms with Crippen LogP contribution in [0.2, 0.25) is 0 Å². The Balaban J connectivity index is 2.96. The third-order valence-electron chi connectivity index (χ3n) is 2.09. The first kappa shape index (κ1) is 11.2. The van der Waals surface area contributed by atoms with Crippen LogP contribution >= 0.6 is 33.3 Å². The molecule has 2 nitrogen and oxygen atoms in total. The fourth-order valence-corrected chi connectivity index (χ4v) is 3.22. The molecule has 2 aromatic rings. The summed E-state index contributed by atoms with van der Waals surface area (Å²) in [6, 6.07) is 10.6. The molecule has 0 bridgehead atoms. The summed E-state index contributed by atoms with van der Waals surface area (Å²) in [6.07, 6.45) is 0. The van der Waals surface area contributed by atoms with Crippen molar-refractivity contribution in [1.29, 1.82) is 0 Å². The maximum atomic E-state index is 11.3. The van der Waals surface area contributed by atoms with Gasteiger partial charge in [-0.25, -0.2) is 8.42 Å². The van der Waals surface area contributed by atoms with Crippen molar-refractivity contribution in [2.45, 2.75) is 4.90 Å². The number of hydrogen-bond donors (Lipinski definition) is 0. The molecule has 0 saturated carbocycles. The lowest BCUT2D eigenvalue weighted by Gasteiger charge is -2.04. The largest absolute Gasteiger partial charge is 0.261 e. The molecule has 0 atom stereocenters. The predicted molar refractivity (Wildman–Crippen MR) is 69.7 cm³/mol. The van der Waals surface area contributed by atoms with E-state index in [1.807, 2.05) is 18.2 Å². The van der Waals surface area contributed by atoms with Gasteiger partial charge < -0.3 is 0 Å². The lowest BCUT2D eigenvalue weighted by molar-refractivity contribution is 0.610. The Hall–Kier alpha value is -0.330. The highest BCUT2D eigenvalue weighted by Gasteiger charge is 2.14. The Bertz CT molecular complexity index is 622. The van der Waals surface area contributed by atoms with E-state index < -0.39 is 9.05 Å². The molecular formula is C10H6ClIO2S. The van der Waals surface area contributed by atoms with Crippen LogP contribution in [0.25, 0.3) is 10.8 Å². The van der Waals surface area contributed by atoms with Crippen LogP contribution in [0.3, 0.4) is 0 Å². The summed E-state index contributed by atoms with van der Waals surface area (Å²) in [6.45, 7) is 0. The number of halogens is 2. The zero-order chi connectivity index (χ0) is 11.1. The van der Waals surface area contributed by atoms with Crippen LogP contribution in [0.5, 0.6) is 0 Å². The monoisotopic (exact) mass is 352 g/mol. The highest BCUT2D eigenvalue weighted by atomic mass is 127. The molecule has 0 heterocycles. The first-order valence-electron chi connectivity index (χ1n) is 4.12. The van der Waals surface area contributed by atoms with E-state index in [4.69, 9.17) is 10.7 Å². The minimum absolute atomic E-state index is 0.167. The first-order valence-corrected chi connectivity index (χ1v) is 7.51. The van der Waals surface area contributed by atoms with E-state index in [-0.39, 0.29) is 4.90 Å². The van der Waals surface area contributed by atoms with Crippen molar-refractivity contribution >= 4 is 53.1 Å². The van der Waals surface area contributed by atoms with Crippen molar-refractivity contribution in [3.63, 3.8) is 0 Å². The first-order chi connectivity index (χ1) is 7.00. The lowest BCUT2D eigenvalue weighted by atomic mass is 10.1. The molecule has 0 aliphatic carbocycles. The summed E-state index contributed by atoms with van der Waals surface area (Å²) >= 11 is 2.17. The van der Waals surface area contributed by atoms with E-state index >= 15 is 0 Å². The second kappa shape index (κ2) is 3.92. The quantitative estimate of drug-likeness (QED) is 0.582. The van der Waals surface area contributed by atoms with Gasteiger partial charge in [-0.15, -0.1) is 0 Å². The van der Waals surface area contributed by atoms with Gasteiger partial charge in [0.2, 0.25) is 0 Å². The smallest absolute Gasteiger partial charge is 0.207 e. The van der Waals surface area contributed by atoms with Crippen molar-refractivity contribution < 1.29 is 8.42 Å². The van der Waals surface area contributed by atoms with E-state index in [0.717, 1.165) is 8.96 Å². The van der Waals surface area contributed by atoms with Gasteiger partial charge in [-0.1, -0.05) is 24.3 Å². The molecule has 78 valence electrons. The molecule has 0 spiro atoms. The van der Waals surface area contributed by atoms with Crippen LogP contribution in [0, 0.1) is 3.57 Å². The lowest BCUT2D eigenvalue weighted by Crippen LogP contribution is -1.92. The Labute approximate surface area is 106 Å². The summed E-state index contributed by atoms with van der Waals surface area (Å²) in [5.41, 5.74) is 0. The third kappa shape index (κ3) is 2.11. The SMILES string of the molecule is O=S(=O)(Cl)c1cccc2c(I)cccc12. The third-order valence-corrected chi connectivity index (χ3v) is 4.41. The Morgan fingerprint density at radius 1 is 1.00 bits per heavy atom. The van der Waals surface area contributed by atoms with Gasteiger partial charge in [-0.2, -0.15) is 0 Å². The Morgan fingerprint density at radius 3 is 2.27 bits per heavy atom. The van der Waals surface area contributed by atoms with E-state index in [1.54, 1.807) is 12.1 Å². The molecule has 0 aliphatic rings. The molecule has 0 saturated heterocycles. The minimum Gasteiger partial charge on any atom is -0.207 e. The van der Waals surface area contributed by atoms with Crippen LogP contribution in [0.15, 0.2) is 41.3 Å². The number of rotatable bonds is 1. The molecule has 0 fully saturated rings. The summed E-state index contributed by atoms with van der Waals surface area (Å²) in [5, 5.41) is 1.57. The van der Waals surface area contributed by atoms with Crippen LogP contribution in [-0.2, 0) is 9.05 Å². The van der Waals surface area contributed by atoms with Crippen molar-refractivity contribution in [3.05, 3.63) is 40.0 Å². The number of hydrogen-bond acceptors (Lipinski definition) is 2. The van der Waals surface area contributed by atoms with Gasteiger partial charge in [0.1, 0.15) is 0 Å². The van der Waals surface area contributed by atoms with Gasteiger partial charge in [-0.3, -0.25) is 0 Å². The molecule has 0 radical (unpaired) electrons. The molecule has 0 N–H and O–H groups in total. The molecule has 5 heteroatoms. The zero-order valence-corrected chi connectivity index (χ0v) is 11.2. The highest BCUT2D eigenvalue weighted by Crippen LogP contribution is 2.28. The van der Waals surface area contributed by atoms with Gasteiger partial charge in [0, 0.05) is 19.6 Å². The second-order valence-corrected chi connectivity index (χ2v) is 6.73. The topological polar surface area (TPSA) is 34.1 Å². The number of benzene rings is 2. The van der Waals surface area contributed by atoms with Crippen LogP contribution in [0.1, 0.15) is 0 Å². The summed E-state index contributed by atoms with van der Waals surface area (Å²) < 4.78 is 23.6. The molecule has 2 rings (SSSR count). The van der Waals surface area contributed by atoms with Gasteiger partial charge in [0.25, 0.3) is 9.05 Å². The predicted octanol–water partition coefficient (Wildman–Crippen LogP) is 3.37. The Kier molecular flexibility index (Phi) is 2.92. The van der Waals surface area contributed by atoms with E-state index in [2.05, 4.69) is 22.6 Å². The molecule has 15 heavy (non-hydrogen) atoms. The summed E-state index contributed by atoms with van der Waals surface area (Å²) in [5.74, 6) is 0. The average molecular weight is 353 g/mol. The average Bonchev–Trinajstić information content (AvgIpc) is 2.16. The number of fused-ring (bicyclic) bond motifs is 1. The van der Waals surface area contributed by atoms with Crippen molar-refractivity contribution in [2.24, 2.45) is 0 Å². The molecule has 2 aromatic carbocycles. The minimum atomic E-state index is -3.68. The molecule has 0 unspecified atom stereocenters. The maximum absolute atomic E-state index is 11.3. The van der Waals surface area contributed by atoms with Crippen LogP contribution in [0.4, 0.5) is 0 Å².